The van der Waals surface area contributed by atoms with E-state index in [4.69, 9.17) is 15.2 Å². The van der Waals surface area contributed by atoms with Crippen molar-refractivity contribution in [3.8, 4) is 5.75 Å². The van der Waals surface area contributed by atoms with Crippen LogP contribution >= 0.6 is 0 Å². The van der Waals surface area contributed by atoms with Gasteiger partial charge in [0.1, 0.15) is 11.8 Å². The third-order valence-electron chi connectivity index (χ3n) is 2.94. The van der Waals surface area contributed by atoms with Crippen molar-refractivity contribution < 1.29 is 23.8 Å². The summed E-state index contributed by atoms with van der Waals surface area (Å²) < 4.78 is 14.8. The molecular weight excluding hydrogens is 274 g/mol. The molecule has 0 spiro atoms. The van der Waals surface area contributed by atoms with Gasteiger partial charge in [-0.15, -0.1) is 0 Å². The van der Waals surface area contributed by atoms with Crippen molar-refractivity contribution in [2.45, 2.75) is 25.8 Å². The molecule has 0 heterocycles. The molecule has 2 N–H and O–H groups in total. The number of esters is 2. The molecular formula is C15H21NO5. The van der Waals surface area contributed by atoms with Crippen LogP contribution in [0.5, 0.6) is 5.75 Å². The predicted molar refractivity (Wildman–Crippen MR) is 77.0 cm³/mol. The van der Waals surface area contributed by atoms with E-state index in [0.29, 0.717) is 12.4 Å². The van der Waals surface area contributed by atoms with E-state index in [9.17, 15) is 9.59 Å². The Morgan fingerprint density at radius 2 is 2.00 bits per heavy atom. The normalized spacial score (nSPS) is 11.6. The lowest BCUT2D eigenvalue weighted by molar-refractivity contribution is -0.143. The van der Waals surface area contributed by atoms with Crippen LogP contribution < -0.4 is 10.5 Å². The Hall–Kier alpha value is -2.08. The SMILES string of the molecule is CCOC(=O)Cc1ccc(OC)c(C[C@H](N)C(=O)OC)c1. The molecule has 6 heteroatoms. The maximum atomic E-state index is 11.5. The van der Waals surface area contributed by atoms with Gasteiger partial charge in [0, 0.05) is 6.42 Å². The summed E-state index contributed by atoms with van der Waals surface area (Å²) in [5, 5.41) is 0. The third kappa shape index (κ3) is 5.07. The molecule has 6 nitrogen and oxygen atoms in total. The van der Waals surface area contributed by atoms with Crippen LogP contribution in [0.1, 0.15) is 18.1 Å². The first-order valence-electron chi connectivity index (χ1n) is 6.66. The van der Waals surface area contributed by atoms with Gasteiger partial charge in [0.25, 0.3) is 0 Å². The van der Waals surface area contributed by atoms with Gasteiger partial charge >= 0.3 is 11.9 Å². The average Bonchev–Trinajstić information content (AvgIpc) is 2.46. The van der Waals surface area contributed by atoms with Gasteiger partial charge in [0.15, 0.2) is 0 Å². The lowest BCUT2D eigenvalue weighted by Crippen LogP contribution is -2.33. The summed E-state index contributed by atoms with van der Waals surface area (Å²) in [5.41, 5.74) is 7.29. The maximum Gasteiger partial charge on any atom is 0.322 e. The van der Waals surface area contributed by atoms with Crippen LogP contribution in [-0.2, 0) is 31.9 Å². The van der Waals surface area contributed by atoms with Crippen molar-refractivity contribution in [2.75, 3.05) is 20.8 Å². The Balaban J connectivity index is 2.89. The first kappa shape index (κ1) is 17.0. The average molecular weight is 295 g/mol. The lowest BCUT2D eigenvalue weighted by Gasteiger charge is -2.14. The summed E-state index contributed by atoms with van der Waals surface area (Å²) in [6.45, 7) is 2.10. The summed E-state index contributed by atoms with van der Waals surface area (Å²) in [4.78, 5) is 22.9. The highest BCUT2D eigenvalue weighted by molar-refractivity contribution is 5.76. The molecule has 0 aliphatic carbocycles. The molecule has 0 radical (unpaired) electrons. The van der Waals surface area contributed by atoms with E-state index < -0.39 is 12.0 Å². The van der Waals surface area contributed by atoms with Gasteiger partial charge in [-0.25, -0.2) is 0 Å². The quantitative estimate of drug-likeness (QED) is 0.750. The Kier molecular flexibility index (Phi) is 6.68. The fraction of sp³-hybridized carbons (Fsp3) is 0.467. The van der Waals surface area contributed by atoms with Crippen molar-refractivity contribution >= 4 is 11.9 Å². The minimum atomic E-state index is -0.776. The largest absolute Gasteiger partial charge is 0.496 e. The smallest absolute Gasteiger partial charge is 0.322 e. The first-order valence-corrected chi connectivity index (χ1v) is 6.66. The molecule has 0 bridgehead atoms. The second-order valence-corrected chi connectivity index (χ2v) is 4.46. The van der Waals surface area contributed by atoms with Crippen molar-refractivity contribution in [1.29, 1.82) is 0 Å². The second kappa shape index (κ2) is 8.26. The number of carbonyl (C=O) groups excluding carboxylic acids is 2. The number of rotatable bonds is 7. The van der Waals surface area contributed by atoms with E-state index in [1.165, 1.54) is 14.2 Å². The van der Waals surface area contributed by atoms with Crippen LogP contribution in [0.3, 0.4) is 0 Å². The molecule has 0 aromatic heterocycles. The zero-order valence-electron chi connectivity index (χ0n) is 12.5. The maximum absolute atomic E-state index is 11.5. The number of ether oxygens (including phenoxy) is 3. The van der Waals surface area contributed by atoms with Crippen LogP contribution in [0.15, 0.2) is 18.2 Å². The standard InChI is InChI=1S/C15H21NO5/c1-4-21-14(17)8-10-5-6-13(19-2)11(7-10)9-12(16)15(18)20-3/h5-7,12H,4,8-9,16H2,1-3H3/t12-/m0/s1. The van der Waals surface area contributed by atoms with E-state index >= 15 is 0 Å². The van der Waals surface area contributed by atoms with E-state index in [0.717, 1.165) is 11.1 Å². The Bertz CT molecular complexity index is 501. The molecule has 0 saturated carbocycles. The van der Waals surface area contributed by atoms with Gasteiger partial charge in [0.05, 0.1) is 27.2 Å². The molecule has 1 aromatic rings. The van der Waals surface area contributed by atoms with Crippen LogP contribution in [0.4, 0.5) is 0 Å². The summed E-state index contributed by atoms with van der Waals surface area (Å²) in [6, 6.07) is 4.54. The highest BCUT2D eigenvalue weighted by Gasteiger charge is 2.17. The summed E-state index contributed by atoms with van der Waals surface area (Å²) in [5.74, 6) is -0.180. The summed E-state index contributed by atoms with van der Waals surface area (Å²) >= 11 is 0. The number of methoxy groups -OCH3 is 2. The zero-order valence-corrected chi connectivity index (χ0v) is 12.5. The summed E-state index contributed by atoms with van der Waals surface area (Å²) in [6.07, 6.45) is 0.435. The van der Waals surface area contributed by atoms with Crippen LogP contribution in [0.2, 0.25) is 0 Å². The Morgan fingerprint density at radius 1 is 1.29 bits per heavy atom. The zero-order chi connectivity index (χ0) is 15.8. The monoisotopic (exact) mass is 295 g/mol. The first-order chi connectivity index (χ1) is 10.0. The van der Waals surface area contributed by atoms with Crippen molar-refractivity contribution in [2.24, 2.45) is 5.73 Å². The van der Waals surface area contributed by atoms with E-state index in [1.807, 2.05) is 0 Å². The minimum absolute atomic E-state index is 0.165. The Labute approximate surface area is 124 Å². The molecule has 0 fully saturated rings. The van der Waals surface area contributed by atoms with Crippen LogP contribution in [0.25, 0.3) is 0 Å². The van der Waals surface area contributed by atoms with Gasteiger partial charge in [-0.2, -0.15) is 0 Å². The number of hydrogen-bond acceptors (Lipinski definition) is 6. The highest BCUT2D eigenvalue weighted by Crippen LogP contribution is 2.22. The van der Waals surface area contributed by atoms with E-state index in [1.54, 1.807) is 25.1 Å². The number of benzene rings is 1. The van der Waals surface area contributed by atoms with Crippen molar-refractivity contribution in [3.05, 3.63) is 29.3 Å². The van der Waals surface area contributed by atoms with E-state index in [-0.39, 0.29) is 18.8 Å². The van der Waals surface area contributed by atoms with Crippen LogP contribution in [0, 0.1) is 0 Å². The third-order valence-corrected chi connectivity index (χ3v) is 2.94. The topological polar surface area (TPSA) is 87.9 Å². The summed E-state index contributed by atoms with van der Waals surface area (Å²) in [7, 11) is 2.82. The fourth-order valence-electron chi connectivity index (χ4n) is 1.95. The van der Waals surface area contributed by atoms with Crippen molar-refractivity contribution in [1.82, 2.24) is 0 Å². The minimum Gasteiger partial charge on any atom is -0.496 e. The number of nitrogens with two attached hydrogens (primary N) is 1. The fourth-order valence-corrected chi connectivity index (χ4v) is 1.95. The molecule has 0 unspecified atom stereocenters. The van der Waals surface area contributed by atoms with Gasteiger partial charge in [-0.3, -0.25) is 9.59 Å². The number of hydrogen-bond donors (Lipinski definition) is 1. The highest BCUT2D eigenvalue weighted by atomic mass is 16.5. The molecule has 21 heavy (non-hydrogen) atoms. The van der Waals surface area contributed by atoms with Gasteiger partial charge in [-0.1, -0.05) is 12.1 Å². The Morgan fingerprint density at radius 3 is 2.57 bits per heavy atom. The molecule has 1 rings (SSSR count). The van der Waals surface area contributed by atoms with Gasteiger partial charge < -0.3 is 19.9 Å². The second-order valence-electron chi connectivity index (χ2n) is 4.46. The molecule has 116 valence electrons. The predicted octanol–water partition coefficient (Wildman–Crippen LogP) is 0.844. The van der Waals surface area contributed by atoms with Gasteiger partial charge in [0.2, 0.25) is 0 Å². The molecule has 0 aliphatic rings. The molecule has 1 atom stereocenters. The van der Waals surface area contributed by atoms with Crippen molar-refractivity contribution in [3.63, 3.8) is 0 Å². The molecule has 0 saturated heterocycles. The van der Waals surface area contributed by atoms with Crippen LogP contribution in [-0.4, -0.2) is 38.8 Å². The molecule has 1 aromatic carbocycles. The number of carbonyl (C=O) groups is 2. The van der Waals surface area contributed by atoms with Gasteiger partial charge in [-0.05, 0) is 24.1 Å². The lowest BCUT2D eigenvalue weighted by atomic mass is 10.0. The molecule has 0 amide bonds. The van der Waals surface area contributed by atoms with E-state index in [2.05, 4.69) is 4.74 Å². The molecule has 0 aliphatic heterocycles.